The molecule has 0 unspecified atom stereocenters. The number of amides is 3. The van der Waals surface area contributed by atoms with E-state index in [2.05, 4.69) is 16.0 Å². The Kier molecular flexibility index (Phi) is 9.47. The van der Waals surface area contributed by atoms with Crippen molar-refractivity contribution in [2.24, 2.45) is 5.92 Å². The molecule has 0 aromatic heterocycles. The van der Waals surface area contributed by atoms with Gasteiger partial charge in [-0.1, -0.05) is 44.2 Å². The van der Waals surface area contributed by atoms with Gasteiger partial charge in [-0.2, -0.15) is 0 Å². The molecule has 0 fully saturated rings. The Hall–Kier alpha value is -3.43. The minimum absolute atomic E-state index is 0.122. The van der Waals surface area contributed by atoms with Crippen molar-refractivity contribution in [2.75, 3.05) is 0 Å². The molecule has 10 nitrogen and oxygen atoms in total. The van der Waals surface area contributed by atoms with E-state index in [0.29, 0.717) is 0 Å². The molecule has 0 spiro atoms. The molecule has 0 heterocycles. The van der Waals surface area contributed by atoms with Gasteiger partial charge in [-0.25, -0.2) is 4.79 Å². The smallest absolute Gasteiger partial charge is 0.326 e. The average molecular weight is 421 g/mol. The molecule has 1 rings (SSSR count). The van der Waals surface area contributed by atoms with E-state index in [1.54, 1.807) is 44.2 Å². The fraction of sp³-hybridized carbons (Fsp3) is 0.450. The van der Waals surface area contributed by atoms with E-state index < -0.39 is 60.1 Å². The summed E-state index contributed by atoms with van der Waals surface area (Å²) in [5.74, 6) is -5.26. The van der Waals surface area contributed by atoms with Crippen LogP contribution < -0.4 is 16.0 Å². The minimum Gasteiger partial charge on any atom is -0.481 e. The lowest BCUT2D eigenvalue weighted by atomic mass is 10.0. The van der Waals surface area contributed by atoms with Gasteiger partial charge in [0.05, 0.1) is 6.42 Å². The maximum Gasteiger partial charge on any atom is 0.326 e. The van der Waals surface area contributed by atoms with E-state index in [1.165, 1.54) is 6.92 Å². The molecule has 3 atom stereocenters. The van der Waals surface area contributed by atoms with E-state index >= 15 is 0 Å². The van der Waals surface area contributed by atoms with Gasteiger partial charge in [0.25, 0.3) is 0 Å². The Morgan fingerprint density at radius 1 is 0.867 bits per heavy atom. The van der Waals surface area contributed by atoms with Gasteiger partial charge in [0.15, 0.2) is 0 Å². The lowest BCUT2D eigenvalue weighted by molar-refractivity contribution is -0.144. The van der Waals surface area contributed by atoms with E-state index in [4.69, 9.17) is 5.11 Å². The lowest BCUT2D eigenvalue weighted by Gasteiger charge is -2.24. The van der Waals surface area contributed by atoms with Crippen LogP contribution in [0.1, 0.15) is 32.8 Å². The zero-order valence-corrected chi connectivity index (χ0v) is 17.0. The Balaban J connectivity index is 2.99. The topological polar surface area (TPSA) is 162 Å². The van der Waals surface area contributed by atoms with Crippen molar-refractivity contribution < 1.29 is 34.2 Å². The zero-order chi connectivity index (χ0) is 22.8. The monoisotopic (exact) mass is 421 g/mol. The van der Waals surface area contributed by atoms with Crippen molar-refractivity contribution in [2.45, 2.75) is 51.7 Å². The number of rotatable bonds is 11. The van der Waals surface area contributed by atoms with E-state index in [0.717, 1.165) is 5.56 Å². The molecule has 0 aliphatic rings. The number of aliphatic carboxylic acids is 2. The highest BCUT2D eigenvalue weighted by atomic mass is 16.4. The second kappa shape index (κ2) is 11.5. The van der Waals surface area contributed by atoms with Crippen LogP contribution in [0.15, 0.2) is 30.3 Å². The normalized spacial score (nSPS) is 13.6. The fourth-order valence-corrected chi connectivity index (χ4v) is 2.73. The number of carbonyl (C=O) groups excluding carboxylic acids is 3. The van der Waals surface area contributed by atoms with Gasteiger partial charge in [-0.3, -0.25) is 19.2 Å². The SMILES string of the molecule is CC(=O)N[C@@H](Cc1ccccc1)C(=O)N[C@@H](CC(=O)O)C(=O)N[C@H](C(=O)O)C(C)C. The van der Waals surface area contributed by atoms with Crippen LogP contribution in [0.2, 0.25) is 0 Å². The summed E-state index contributed by atoms with van der Waals surface area (Å²) in [7, 11) is 0. The minimum atomic E-state index is -1.51. The van der Waals surface area contributed by atoms with Gasteiger partial charge in [0.1, 0.15) is 18.1 Å². The maximum absolute atomic E-state index is 12.7. The Labute approximate surface area is 174 Å². The number of carboxylic acids is 2. The summed E-state index contributed by atoms with van der Waals surface area (Å²) >= 11 is 0. The first kappa shape index (κ1) is 24.6. The van der Waals surface area contributed by atoms with Crippen molar-refractivity contribution in [3.8, 4) is 0 Å². The molecule has 5 N–H and O–H groups in total. The molecule has 0 aliphatic heterocycles. The number of benzene rings is 1. The van der Waals surface area contributed by atoms with Gasteiger partial charge in [-0.15, -0.1) is 0 Å². The average Bonchev–Trinajstić information content (AvgIpc) is 2.64. The lowest BCUT2D eigenvalue weighted by Crippen LogP contribution is -2.57. The summed E-state index contributed by atoms with van der Waals surface area (Å²) in [5, 5.41) is 25.4. The highest BCUT2D eigenvalue weighted by Crippen LogP contribution is 2.06. The number of hydrogen-bond donors (Lipinski definition) is 5. The highest BCUT2D eigenvalue weighted by molar-refractivity contribution is 5.95. The predicted octanol–water partition coefficient (Wildman–Crippen LogP) is -0.0813. The first-order valence-electron chi connectivity index (χ1n) is 9.37. The third-order valence-corrected chi connectivity index (χ3v) is 4.22. The van der Waals surface area contributed by atoms with Crippen molar-refractivity contribution in [1.82, 2.24) is 16.0 Å². The number of hydrogen-bond acceptors (Lipinski definition) is 5. The summed E-state index contributed by atoms with van der Waals surface area (Å²) < 4.78 is 0. The second-order valence-electron chi connectivity index (χ2n) is 7.17. The Bertz CT molecular complexity index is 780. The first-order chi connectivity index (χ1) is 14.0. The summed E-state index contributed by atoms with van der Waals surface area (Å²) in [6.45, 7) is 4.39. The molecule has 10 heteroatoms. The molecule has 164 valence electrons. The van der Waals surface area contributed by atoms with E-state index in [1.807, 2.05) is 0 Å². The molecule has 1 aromatic carbocycles. The standard InChI is InChI=1S/C20H27N3O7/c1-11(2)17(20(29)30)23-19(28)15(10-16(25)26)22-18(27)14(21-12(3)24)9-13-7-5-4-6-8-13/h4-8,11,14-15,17H,9-10H2,1-3H3,(H,21,24)(H,22,27)(H,23,28)(H,25,26)(H,29,30)/t14-,15-,17-/m0/s1. The fourth-order valence-electron chi connectivity index (χ4n) is 2.73. The molecule has 0 radical (unpaired) electrons. The molecule has 1 aromatic rings. The van der Waals surface area contributed by atoms with Crippen LogP contribution in [0, 0.1) is 5.92 Å². The summed E-state index contributed by atoms with van der Waals surface area (Å²) in [6, 6.07) is 5.01. The van der Waals surface area contributed by atoms with Crippen molar-refractivity contribution in [1.29, 1.82) is 0 Å². The molecule has 0 bridgehead atoms. The van der Waals surface area contributed by atoms with Gasteiger partial charge < -0.3 is 26.2 Å². The largest absolute Gasteiger partial charge is 0.481 e. The second-order valence-corrected chi connectivity index (χ2v) is 7.17. The molecular formula is C20H27N3O7. The first-order valence-corrected chi connectivity index (χ1v) is 9.37. The third kappa shape index (κ3) is 8.29. The summed E-state index contributed by atoms with van der Waals surface area (Å²) in [5.41, 5.74) is 0.747. The van der Waals surface area contributed by atoms with Crippen LogP contribution in [-0.4, -0.2) is 58.0 Å². The van der Waals surface area contributed by atoms with Gasteiger partial charge in [0.2, 0.25) is 17.7 Å². The van der Waals surface area contributed by atoms with Crippen LogP contribution in [0.5, 0.6) is 0 Å². The molecule has 0 saturated heterocycles. The quantitative estimate of drug-likeness (QED) is 0.334. The number of carbonyl (C=O) groups is 5. The van der Waals surface area contributed by atoms with Crippen molar-refractivity contribution >= 4 is 29.7 Å². The van der Waals surface area contributed by atoms with Gasteiger partial charge in [0, 0.05) is 13.3 Å². The Morgan fingerprint density at radius 2 is 1.43 bits per heavy atom. The van der Waals surface area contributed by atoms with Crippen molar-refractivity contribution in [3.63, 3.8) is 0 Å². The zero-order valence-electron chi connectivity index (χ0n) is 17.0. The summed E-state index contributed by atoms with van der Waals surface area (Å²) in [4.78, 5) is 59.2. The van der Waals surface area contributed by atoms with Crippen molar-refractivity contribution in [3.05, 3.63) is 35.9 Å². The van der Waals surface area contributed by atoms with E-state index in [9.17, 15) is 29.1 Å². The molecule has 0 saturated carbocycles. The van der Waals surface area contributed by atoms with Crippen LogP contribution >= 0.6 is 0 Å². The molecule has 0 aliphatic carbocycles. The Morgan fingerprint density at radius 3 is 1.90 bits per heavy atom. The summed E-state index contributed by atoms with van der Waals surface area (Å²) in [6.07, 6.45) is -0.627. The van der Waals surface area contributed by atoms with Gasteiger partial charge >= 0.3 is 11.9 Å². The maximum atomic E-state index is 12.7. The van der Waals surface area contributed by atoms with Crippen LogP contribution in [0.3, 0.4) is 0 Å². The van der Waals surface area contributed by atoms with Gasteiger partial charge in [-0.05, 0) is 11.5 Å². The number of carboxylic acid groups (broad SMARTS) is 2. The predicted molar refractivity (Wildman–Crippen MR) is 106 cm³/mol. The van der Waals surface area contributed by atoms with Crippen LogP contribution in [0.4, 0.5) is 0 Å². The molecular weight excluding hydrogens is 394 g/mol. The number of nitrogens with one attached hydrogen (secondary N) is 3. The highest BCUT2D eigenvalue weighted by Gasteiger charge is 2.31. The van der Waals surface area contributed by atoms with Crippen LogP contribution in [-0.2, 0) is 30.4 Å². The molecule has 3 amide bonds. The molecule has 30 heavy (non-hydrogen) atoms. The third-order valence-electron chi connectivity index (χ3n) is 4.22. The van der Waals surface area contributed by atoms with Crippen LogP contribution in [0.25, 0.3) is 0 Å². The van der Waals surface area contributed by atoms with E-state index in [-0.39, 0.29) is 6.42 Å².